The van der Waals surface area contributed by atoms with Gasteiger partial charge in [-0.15, -0.1) is 0 Å². The number of hydrogen-bond acceptors (Lipinski definition) is 4. The maximum absolute atomic E-state index is 10.9. The topological polar surface area (TPSA) is 58.9 Å². The van der Waals surface area contributed by atoms with E-state index in [0.717, 1.165) is 0 Å². The Morgan fingerprint density at radius 2 is 1.50 bits per heavy atom. The van der Waals surface area contributed by atoms with Crippen molar-refractivity contribution in [3.05, 3.63) is 35.9 Å². The molecule has 2 aliphatic rings. The van der Waals surface area contributed by atoms with Gasteiger partial charge in [0.15, 0.2) is 5.79 Å². The van der Waals surface area contributed by atoms with Gasteiger partial charge >= 0.3 is 0 Å². The van der Waals surface area contributed by atoms with E-state index in [9.17, 15) is 10.2 Å². The van der Waals surface area contributed by atoms with Gasteiger partial charge < -0.3 is 19.7 Å². The van der Waals surface area contributed by atoms with Crippen LogP contribution in [0.4, 0.5) is 0 Å². The molecular weight excluding hydrogens is 232 g/mol. The zero-order valence-electron chi connectivity index (χ0n) is 10.8. The van der Waals surface area contributed by atoms with Crippen LogP contribution in [0.3, 0.4) is 0 Å². The first kappa shape index (κ1) is 12.1. The summed E-state index contributed by atoms with van der Waals surface area (Å²) in [5, 5.41) is 21.4. The molecule has 1 aliphatic heterocycles. The van der Waals surface area contributed by atoms with Crippen molar-refractivity contribution in [1.29, 1.82) is 0 Å². The molecule has 1 saturated heterocycles. The van der Waals surface area contributed by atoms with Gasteiger partial charge in [-0.3, -0.25) is 0 Å². The number of benzene rings is 1. The van der Waals surface area contributed by atoms with E-state index in [1.165, 1.54) is 0 Å². The SMILES string of the molecule is CC1(C)O[C@@H]2[C@H](O1)[C@@](C)(O)[C@]2(O)c1ccccc1. The monoisotopic (exact) mass is 250 g/mol. The van der Waals surface area contributed by atoms with Gasteiger partial charge in [-0.05, 0) is 26.3 Å². The van der Waals surface area contributed by atoms with Crippen molar-refractivity contribution in [2.45, 2.75) is 50.0 Å². The second-order valence-electron chi connectivity index (χ2n) is 5.76. The Bertz CT molecular complexity index is 468. The Hall–Kier alpha value is -0.940. The van der Waals surface area contributed by atoms with Crippen LogP contribution in [-0.2, 0) is 15.1 Å². The molecule has 18 heavy (non-hydrogen) atoms. The van der Waals surface area contributed by atoms with Gasteiger partial charge in [-0.25, -0.2) is 0 Å². The van der Waals surface area contributed by atoms with E-state index in [2.05, 4.69) is 0 Å². The minimum atomic E-state index is -1.42. The van der Waals surface area contributed by atoms with Crippen LogP contribution in [0.1, 0.15) is 26.3 Å². The Kier molecular flexibility index (Phi) is 2.24. The molecule has 98 valence electrons. The normalized spacial score (nSPS) is 45.4. The quantitative estimate of drug-likeness (QED) is 0.785. The molecule has 1 saturated carbocycles. The average molecular weight is 250 g/mol. The van der Waals surface area contributed by atoms with Gasteiger partial charge in [0.1, 0.15) is 23.4 Å². The molecule has 2 fully saturated rings. The van der Waals surface area contributed by atoms with E-state index in [4.69, 9.17) is 9.47 Å². The fraction of sp³-hybridized carbons (Fsp3) is 0.571. The molecule has 2 N–H and O–H groups in total. The van der Waals surface area contributed by atoms with Gasteiger partial charge in [0, 0.05) is 0 Å². The van der Waals surface area contributed by atoms with Gasteiger partial charge in [-0.2, -0.15) is 0 Å². The molecule has 4 heteroatoms. The summed E-state index contributed by atoms with van der Waals surface area (Å²) >= 11 is 0. The Morgan fingerprint density at radius 3 is 2.11 bits per heavy atom. The van der Waals surface area contributed by atoms with E-state index < -0.39 is 29.2 Å². The number of ether oxygens (including phenoxy) is 2. The number of fused-ring (bicyclic) bond motifs is 1. The lowest BCUT2D eigenvalue weighted by Crippen LogP contribution is -2.77. The second-order valence-corrected chi connectivity index (χ2v) is 5.76. The highest BCUT2D eigenvalue weighted by Crippen LogP contribution is 2.57. The number of aliphatic hydroxyl groups is 2. The summed E-state index contributed by atoms with van der Waals surface area (Å²) in [5.74, 6) is -0.779. The minimum absolute atomic E-state index is 0.502. The highest BCUT2D eigenvalue weighted by atomic mass is 16.8. The zero-order chi connectivity index (χ0) is 13.2. The van der Waals surface area contributed by atoms with Crippen LogP contribution in [0.2, 0.25) is 0 Å². The maximum Gasteiger partial charge on any atom is 0.164 e. The molecule has 0 aromatic heterocycles. The predicted octanol–water partition coefficient (Wildman–Crippen LogP) is 1.16. The fourth-order valence-corrected chi connectivity index (χ4v) is 3.03. The molecule has 1 aromatic rings. The number of hydrogen-bond donors (Lipinski definition) is 2. The van der Waals surface area contributed by atoms with Crippen LogP contribution < -0.4 is 0 Å². The molecule has 1 heterocycles. The third kappa shape index (κ3) is 1.29. The Morgan fingerprint density at radius 1 is 0.944 bits per heavy atom. The molecule has 1 aliphatic carbocycles. The third-order valence-corrected chi connectivity index (χ3v) is 4.05. The van der Waals surface area contributed by atoms with E-state index in [1.807, 2.05) is 18.2 Å². The van der Waals surface area contributed by atoms with Crippen LogP contribution in [0, 0.1) is 0 Å². The number of rotatable bonds is 1. The molecule has 0 bridgehead atoms. The van der Waals surface area contributed by atoms with E-state index in [0.29, 0.717) is 5.56 Å². The van der Waals surface area contributed by atoms with Crippen LogP contribution >= 0.6 is 0 Å². The van der Waals surface area contributed by atoms with Crippen molar-refractivity contribution in [3.63, 3.8) is 0 Å². The predicted molar refractivity (Wildman–Crippen MR) is 64.8 cm³/mol. The largest absolute Gasteiger partial charge is 0.384 e. The zero-order valence-corrected chi connectivity index (χ0v) is 10.8. The second kappa shape index (κ2) is 3.33. The molecule has 0 amide bonds. The molecule has 1 aromatic carbocycles. The van der Waals surface area contributed by atoms with Gasteiger partial charge in [0.2, 0.25) is 0 Å². The van der Waals surface area contributed by atoms with Gasteiger partial charge in [-0.1, -0.05) is 30.3 Å². The van der Waals surface area contributed by atoms with E-state index in [-0.39, 0.29) is 0 Å². The minimum Gasteiger partial charge on any atom is -0.384 e. The van der Waals surface area contributed by atoms with Gasteiger partial charge in [0.25, 0.3) is 0 Å². The molecule has 4 atom stereocenters. The first-order valence-electron chi connectivity index (χ1n) is 6.15. The highest BCUT2D eigenvalue weighted by Gasteiger charge is 2.76. The Labute approximate surface area is 106 Å². The fourth-order valence-electron chi connectivity index (χ4n) is 3.03. The summed E-state index contributed by atoms with van der Waals surface area (Å²) in [5.41, 5.74) is -2.13. The third-order valence-electron chi connectivity index (χ3n) is 4.05. The lowest BCUT2D eigenvalue weighted by molar-refractivity contribution is -0.308. The van der Waals surface area contributed by atoms with Crippen LogP contribution in [-0.4, -0.2) is 33.8 Å². The highest BCUT2D eigenvalue weighted by molar-refractivity contribution is 5.37. The van der Waals surface area contributed by atoms with Crippen molar-refractivity contribution in [2.24, 2.45) is 0 Å². The van der Waals surface area contributed by atoms with Gasteiger partial charge in [0.05, 0.1) is 0 Å². The van der Waals surface area contributed by atoms with E-state index in [1.54, 1.807) is 32.9 Å². The molecule has 3 rings (SSSR count). The van der Waals surface area contributed by atoms with Crippen molar-refractivity contribution < 1.29 is 19.7 Å². The van der Waals surface area contributed by atoms with Crippen molar-refractivity contribution in [1.82, 2.24) is 0 Å². The lowest BCUT2D eigenvalue weighted by atomic mass is 9.58. The average Bonchev–Trinajstić information content (AvgIpc) is 2.65. The molecule has 0 unspecified atom stereocenters. The summed E-state index contributed by atoms with van der Waals surface area (Å²) in [4.78, 5) is 0. The van der Waals surface area contributed by atoms with Crippen molar-refractivity contribution in [3.8, 4) is 0 Å². The summed E-state index contributed by atoms with van der Waals surface area (Å²) in [6.07, 6.45) is -1.04. The van der Waals surface area contributed by atoms with Crippen LogP contribution in [0.15, 0.2) is 30.3 Å². The maximum atomic E-state index is 10.9. The van der Waals surface area contributed by atoms with Crippen LogP contribution in [0.5, 0.6) is 0 Å². The summed E-state index contributed by atoms with van der Waals surface area (Å²) in [7, 11) is 0. The summed E-state index contributed by atoms with van der Waals surface area (Å²) in [6.45, 7) is 5.16. The van der Waals surface area contributed by atoms with Crippen LogP contribution in [0.25, 0.3) is 0 Å². The molecule has 0 radical (unpaired) electrons. The molecule has 0 spiro atoms. The Balaban J connectivity index is 2.03. The first-order valence-corrected chi connectivity index (χ1v) is 6.15. The molecule has 4 nitrogen and oxygen atoms in total. The lowest BCUT2D eigenvalue weighted by Gasteiger charge is -2.57. The smallest absolute Gasteiger partial charge is 0.164 e. The standard InChI is InChI=1S/C14H18O4/c1-12(2)17-10-11(18-12)14(16,13(10,3)15)9-7-5-4-6-8-9/h4-8,10-11,15-16H,1-3H3/t10-,11+,13+,14-/m0/s1. The summed E-state index contributed by atoms with van der Waals surface area (Å²) < 4.78 is 11.4. The van der Waals surface area contributed by atoms with Crippen molar-refractivity contribution >= 4 is 0 Å². The summed E-state index contributed by atoms with van der Waals surface area (Å²) in [6, 6.07) is 9.11. The van der Waals surface area contributed by atoms with Crippen molar-refractivity contribution in [2.75, 3.05) is 0 Å². The first-order chi connectivity index (χ1) is 8.29. The van der Waals surface area contributed by atoms with E-state index >= 15 is 0 Å². The molecular formula is C14H18O4.